The van der Waals surface area contributed by atoms with Gasteiger partial charge in [-0.25, -0.2) is 0 Å². The summed E-state index contributed by atoms with van der Waals surface area (Å²) in [7, 11) is -0.994. The minimum atomic E-state index is -2.62. The van der Waals surface area contributed by atoms with Crippen LogP contribution >= 0.6 is 0 Å². The number of rotatable bonds is 12. The average Bonchev–Trinajstić information content (AvgIpc) is 3.94. The number of hydrogen-bond acceptors (Lipinski definition) is 9. The van der Waals surface area contributed by atoms with Crippen LogP contribution in [-0.2, 0) is 26.5 Å². The number of nitrogens with zero attached hydrogens (tertiary/aromatic N) is 2. The summed E-state index contributed by atoms with van der Waals surface area (Å²) < 4.78 is 12.8. The minimum absolute atomic E-state index is 0.0335. The molecule has 63 heavy (non-hydrogen) atoms. The number of carbonyl (C=O) groups excluding carboxylic acids is 4. The molecule has 326 valence electrons. The maximum absolute atomic E-state index is 15.6. The number of nitrogen functional groups attached to an aromatic ring is 2. The van der Waals surface area contributed by atoms with Crippen molar-refractivity contribution in [3.63, 3.8) is 0 Å². The van der Waals surface area contributed by atoms with Gasteiger partial charge in [0.15, 0.2) is 5.60 Å². The quantitative estimate of drug-likeness (QED) is 0.0689. The molecule has 0 saturated carbocycles. The second kappa shape index (κ2) is 17.4. The number of methoxy groups -OCH3 is 1. The highest BCUT2D eigenvalue weighted by molar-refractivity contribution is 6.91. The monoisotopic (exact) mass is 866 g/mol. The maximum atomic E-state index is 15.6. The van der Waals surface area contributed by atoms with Gasteiger partial charge in [0.2, 0.25) is 5.91 Å². The van der Waals surface area contributed by atoms with E-state index in [1.165, 1.54) is 0 Å². The van der Waals surface area contributed by atoms with Gasteiger partial charge in [-0.2, -0.15) is 0 Å². The molecule has 7 N–H and O–H groups in total. The Morgan fingerprint density at radius 2 is 1.48 bits per heavy atom. The van der Waals surface area contributed by atoms with E-state index in [0.717, 1.165) is 29.3 Å². The third-order valence-corrected chi connectivity index (χ3v) is 17.6. The van der Waals surface area contributed by atoms with Crippen molar-refractivity contribution in [3.05, 3.63) is 138 Å². The molecular weight excluding hydrogens is 813 g/mol. The topological polar surface area (TPSA) is 190 Å². The summed E-state index contributed by atoms with van der Waals surface area (Å²) in [6.07, 6.45) is 0.900. The molecule has 5 aromatic rings. The molecule has 5 atom stereocenters. The highest BCUT2D eigenvalue weighted by Crippen LogP contribution is 2.60. The third kappa shape index (κ3) is 8.17. The molecule has 0 aliphatic carbocycles. The number of aliphatic hydroxyl groups is 1. The number of nitrogens with one attached hydrogen (secondary N) is 2. The summed E-state index contributed by atoms with van der Waals surface area (Å²) in [6.45, 7) is 7.14. The smallest absolute Gasteiger partial charge is 0.264 e. The maximum Gasteiger partial charge on any atom is 0.264 e. The summed E-state index contributed by atoms with van der Waals surface area (Å²) in [5.41, 5.74) is 14.9. The van der Waals surface area contributed by atoms with E-state index in [2.05, 4.69) is 42.8 Å². The van der Waals surface area contributed by atoms with E-state index in [1.54, 1.807) is 77.6 Å². The Morgan fingerprint density at radius 1 is 0.857 bits per heavy atom. The standard InChI is InChI=1S/C49H54N6O7Si/c1-30-45(63(3,4)40-21-19-39(61-2)20-22-40)43(27-44(57)54-24-6-9-38(54)29-56)62-49(30)41-26-37(53-47(59)33-12-16-35(51)17-13-33)18-23-42(41)55(48(49)60)28-31-7-5-8-36(25-31)52-46(58)32-10-14-34(50)15-11-32/h5,7-8,10-23,25-26,30,38,43,45,56H,6,9,24,27-29,50-51H2,1-4H3,(H,52,58)(H,53,59)/t30-,38+,43+,45-,49+/m1/s1. The number of ether oxygens (including phenoxy) is 2. The molecule has 3 aliphatic heterocycles. The van der Waals surface area contributed by atoms with Crippen molar-refractivity contribution >= 4 is 65.3 Å². The Kier molecular flexibility index (Phi) is 11.9. The molecule has 0 bridgehead atoms. The fourth-order valence-electron chi connectivity index (χ4n) is 10.00. The van der Waals surface area contributed by atoms with Gasteiger partial charge in [0, 0.05) is 51.9 Å². The van der Waals surface area contributed by atoms with Crippen molar-refractivity contribution in [2.45, 2.75) is 69.1 Å². The molecule has 4 amide bonds. The summed E-state index contributed by atoms with van der Waals surface area (Å²) in [4.78, 5) is 60.1. The molecular formula is C49H54N6O7Si. The second-order valence-electron chi connectivity index (χ2n) is 17.4. The molecule has 2 fully saturated rings. The molecule has 0 aromatic heterocycles. The normalized spacial score (nSPS) is 21.7. The first-order valence-electron chi connectivity index (χ1n) is 21.4. The van der Waals surface area contributed by atoms with Crippen molar-refractivity contribution in [2.24, 2.45) is 5.92 Å². The Morgan fingerprint density at radius 3 is 2.08 bits per heavy atom. The molecule has 2 saturated heterocycles. The van der Waals surface area contributed by atoms with Gasteiger partial charge in [-0.3, -0.25) is 19.2 Å². The van der Waals surface area contributed by atoms with Crippen LogP contribution in [0.25, 0.3) is 0 Å². The molecule has 1 spiro atoms. The van der Waals surface area contributed by atoms with Gasteiger partial charge in [-0.05, 0) is 115 Å². The molecule has 3 heterocycles. The number of hydrogen-bond donors (Lipinski definition) is 5. The van der Waals surface area contributed by atoms with Crippen LogP contribution in [0.15, 0.2) is 115 Å². The van der Waals surface area contributed by atoms with Crippen molar-refractivity contribution in [1.29, 1.82) is 0 Å². The molecule has 0 unspecified atom stereocenters. The first-order valence-corrected chi connectivity index (χ1v) is 24.4. The SMILES string of the molecule is COc1ccc([Si](C)(C)[C@H]2[C@H](CC(=O)N3CCC[C@H]3CO)O[C@@]3(C(=O)N(Cc4cccc(NC(=O)c5ccc(N)cc5)c4)c4ccc(NC(=O)c5ccc(N)cc5)cc43)[C@@H]2C)cc1. The van der Waals surface area contributed by atoms with E-state index < -0.39 is 25.7 Å². The molecule has 3 aliphatic rings. The zero-order valence-corrected chi connectivity index (χ0v) is 37.0. The summed E-state index contributed by atoms with van der Waals surface area (Å²) in [5.74, 6) is -0.750. The molecule has 8 rings (SSSR count). The molecule has 5 aromatic carbocycles. The number of benzene rings is 5. The van der Waals surface area contributed by atoms with Gasteiger partial charge in [0.1, 0.15) is 5.75 Å². The Labute approximate surface area is 368 Å². The van der Waals surface area contributed by atoms with Crippen molar-refractivity contribution < 1.29 is 33.8 Å². The summed E-state index contributed by atoms with van der Waals surface area (Å²) in [6, 6.07) is 33.8. The number of amides is 4. The van der Waals surface area contributed by atoms with Gasteiger partial charge >= 0.3 is 0 Å². The fraction of sp³-hybridized carbons (Fsp3) is 0.306. The summed E-state index contributed by atoms with van der Waals surface area (Å²) >= 11 is 0. The van der Waals surface area contributed by atoms with Crippen LogP contribution in [0.4, 0.5) is 28.4 Å². The number of aliphatic hydroxyl groups excluding tert-OH is 1. The van der Waals surface area contributed by atoms with Gasteiger partial charge in [0.25, 0.3) is 17.7 Å². The summed E-state index contributed by atoms with van der Waals surface area (Å²) in [5, 5.41) is 17.3. The first-order chi connectivity index (χ1) is 30.2. The van der Waals surface area contributed by atoms with E-state index in [0.29, 0.717) is 51.7 Å². The predicted octanol–water partition coefficient (Wildman–Crippen LogP) is 6.50. The molecule has 14 heteroatoms. The highest BCUT2D eigenvalue weighted by Gasteiger charge is 2.66. The van der Waals surface area contributed by atoms with Crippen LogP contribution in [0.2, 0.25) is 18.6 Å². The lowest BCUT2D eigenvalue weighted by Gasteiger charge is -2.37. The van der Waals surface area contributed by atoms with Gasteiger partial charge in [-0.15, -0.1) is 0 Å². The lowest BCUT2D eigenvalue weighted by molar-refractivity contribution is -0.150. The fourth-order valence-corrected chi connectivity index (χ4v) is 14.0. The zero-order chi connectivity index (χ0) is 44.6. The lowest BCUT2D eigenvalue weighted by Crippen LogP contribution is -2.52. The predicted molar refractivity (Wildman–Crippen MR) is 248 cm³/mol. The van der Waals surface area contributed by atoms with Crippen LogP contribution in [-0.4, -0.2) is 74.1 Å². The molecule has 0 radical (unpaired) electrons. The number of fused-ring (bicyclic) bond motifs is 2. The Balaban J connectivity index is 1.19. The number of anilines is 5. The van der Waals surface area contributed by atoms with E-state index in [-0.39, 0.29) is 54.8 Å². The zero-order valence-electron chi connectivity index (χ0n) is 36.0. The van der Waals surface area contributed by atoms with Gasteiger partial charge in [-0.1, -0.05) is 49.5 Å². The van der Waals surface area contributed by atoms with Crippen molar-refractivity contribution in [1.82, 2.24) is 4.90 Å². The van der Waals surface area contributed by atoms with E-state index >= 15 is 4.79 Å². The van der Waals surface area contributed by atoms with Crippen LogP contribution < -0.4 is 36.9 Å². The first kappa shape index (κ1) is 43.2. The van der Waals surface area contributed by atoms with Crippen molar-refractivity contribution in [3.8, 4) is 5.75 Å². The van der Waals surface area contributed by atoms with Gasteiger partial charge in [0.05, 0.1) is 52.6 Å². The van der Waals surface area contributed by atoms with E-state index in [4.69, 9.17) is 20.9 Å². The van der Waals surface area contributed by atoms with Crippen LogP contribution in [0.5, 0.6) is 5.75 Å². The highest BCUT2D eigenvalue weighted by atomic mass is 28.3. The Bertz CT molecular complexity index is 2530. The second-order valence-corrected chi connectivity index (χ2v) is 22.1. The largest absolute Gasteiger partial charge is 0.497 e. The average molecular weight is 867 g/mol. The Hall–Kier alpha value is -6.48. The number of likely N-dealkylation sites (tertiary alicyclic amines) is 1. The minimum Gasteiger partial charge on any atom is -0.497 e. The van der Waals surface area contributed by atoms with Crippen LogP contribution in [0.1, 0.15) is 58.0 Å². The van der Waals surface area contributed by atoms with Crippen LogP contribution in [0.3, 0.4) is 0 Å². The lowest BCUT2D eigenvalue weighted by atomic mass is 9.82. The van der Waals surface area contributed by atoms with E-state index in [9.17, 15) is 19.5 Å². The van der Waals surface area contributed by atoms with Gasteiger partial charge < -0.3 is 46.5 Å². The molecule has 13 nitrogen and oxygen atoms in total. The van der Waals surface area contributed by atoms with Crippen molar-refractivity contribution in [2.75, 3.05) is 47.3 Å². The van der Waals surface area contributed by atoms with Crippen LogP contribution in [0, 0.1) is 5.92 Å². The number of carbonyl (C=O) groups is 4. The third-order valence-electron chi connectivity index (χ3n) is 13.2. The van der Waals surface area contributed by atoms with E-state index in [1.807, 2.05) is 42.5 Å². The number of nitrogens with two attached hydrogens (primary N) is 2.